The molecule has 1 aliphatic rings. The highest BCUT2D eigenvalue weighted by molar-refractivity contribution is 5.21. The first-order valence-electron chi connectivity index (χ1n) is 13.5. The van der Waals surface area contributed by atoms with Gasteiger partial charge in [-0.25, -0.2) is 0 Å². The molecule has 0 saturated carbocycles. The summed E-state index contributed by atoms with van der Waals surface area (Å²) in [4.78, 5) is 2.50. The van der Waals surface area contributed by atoms with Gasteiger partial charge in [0.2, 0.25) is 0 Å². The van der Waals surface area contributed by atoms with Gasteiger partial charge in [-0.3, -0.25) is 4.90 Å². The summed E-state index contributed by atoms with van der Waals surface area (Å²) in [6, 6.07) is 42.2. The first-order valence-corrected chi connectivity index (χ1v) is 13.5. The van der Waals surface area contributed by atoms with Crippen LogP contribution in [0.3, 0.4) is 0 Å². The number of hydrogen-bond donors (Lipinski definition) is 0. The highest BCUT2D eigenvalue weighted by atomic mass is 16.6. The van der Waals surface area contributed by atoms with Crippen molar-refractivity contribution in [3.63, 3.8) is 0 Å². The fraction of sp³-hybridized carbons (Fsp3) is 0.294. The molecule has 0 radical (unpaired) electrons. The molecule has 0 aliphatic carbocycles. The van der Waals surface area contributed by atoms with E-state index in [1.807, 2.05) is 42.5 Å². The fourth-order valence-corrected chi connectivity index (χ4v) is 4.95. The van der Waals surface area contributed by atoms with E-state index < -0.39 is 0 Å². The largest absolute Gasteiger partial charge is 0.374 e. The van der Waals surface area contributed by atoms with Gasteiger partial charge in [0.25, 0.3) is 0 Å². The zero-order valence-electron chi connectivity index (χ0n) is 22.1. The molecular weight excluding hydrogens is 470 g/mol. The standard InChI is InChI=1S/C34H37NO3/c1-27(31-20-12-5-13-21-31)35-22-32(35)34(38-25-30-18-10-4-11-19-30)33(37-24-29-16-8-3-9-17-29)26-36-23-28-14-6-2-7-15-28/h2-21,27,32-34H,22-26H2,1H3/t27-,32-,33+,34+,35?/m1/s1. The van der Waals surface area contributed by atoms with Crippen LogP contribution in [0, 0.1) is 0 Å². The maximum Gasteiger partial charge on any atom is 0.109 e. The van der Waals surface area contributed by atoms with E-state index in [1.165, 1.54) is 5.56 Å². The Hall–Kier alpha value is -3.28. The molecule has 0 N–H and O–H groups in total. The average Bonchev–Trinajstić information content (AvgIpc) is 3.78. The predicted octanol–water partition coefficient (Wildman–Crippen LogP) is 6.82. The topological polar surface area (TPSA) is 30.7 Å². The Morgan fingerprint density at radius 3 is 1.66 bits per heavy atom. The van der Waals surface area contributed by atoms with Crippen LogP contribution in [0.1, 0.15) is 35.2 Å². The van der Waals surface area contributed by atoms with Gasteiger partial charge >= 0.3 is 0 Å². The monoisotopic (exact) mass is 507 g/mol. The van der Waals surface area contributed by atoms with Crippen molar-refractivity contribution in [2.75, 3.05) is 13.2 Å². The third kappa shape index (κ3) is 7.40. The van der Waals surface area contributed by atoms with Crippen molar-refractivity contribution in [1.29, 1.82) is 0 Å². The molecule has 1 saturated heterocycles. The Balaban J connectivity index is 1.32. The number of ether oxygens (including phenoxy) is 3. The number of nitrogens with zero attached hydrogens (tertiary/aromatic N) is 1. The average molecular weight is 508 g/mol. The fourth-order valence-electron chi connectivity index (χ4n) is 4.95. The number of benzene rings is 4. The van der Waals surface area contributed by atoms with Crippen LogP contribution >= 0.6 is 0 Å². The summed E-state index contributed by atoms with van der Waals surface area (Å²) < 4.78 is 19.5. The third-order valence-corrected chi connectivity index (χ3v) is 7.20. The van der Waals surface area contributed by atoms with Crippen LogP contribution in [-0.2, 0) is 34.0 Å². The van der Waals surface area contributed by atoms with Crippen LogP contribution in [-0.4, -0.2) is 36.3 Å². The van der Waals surface area contributed by atoms with E-state index in [1.54, 1.807) is 0 Å². The van der Waals surface area contributed by atoms with Crippen LogP contribution in [0.2, 0.25) is 0 Å². The summed E-state index contributed by atoms with van der Waals surface area (Å²) in [7, 11) is 0. The van der Waals surface area contributed by atoms with Gasteiger partial charge in [0, 0.05) is 12.6 Å². The zero-order chi connectivity index (χ0) is 26.0. The van der Waals surface area contributed by atoms with Crippen LogP contribution in [0.5, 0.6) is 0 Å². The van der Waals surface area contributed by atoms with E-state index in [0.29, 0.717) is 32.5 Å². The molecule has 38 heavy (non-hydrogen) atoms. The van der Waals surface area contributed by atoms with E-state index in [4.69, 9.17) is 14.2 Å². The Labute approximate surface area is 226 Å². The van der Waals surface area contributed by atoms with Crippen LogP contribution in [0.25, 0.3) is 0 Å². The lowest BCUT2D eigenvalue weighted by molar-refractivity contribution is -0.120. The summed E-state index contributed by atoms with van der Waals surface area (Å²) in [6.07, 6.45) is -0.332. The molecule has 5 rings (SSSR count). The van der Waals surface area contributed by atoms with E-state index in [-0.39, 0.29) is 18.2 Å². The molecule has 1 aliphatic heterocycles. The number of rotatable bonds is 14. The summed E-state index contributed by atoms with van der Waals surface area (Å²) >= 11 is 0. The first-order chi connectivity index (χ1) is 18.8. The van der Waals surface area contributed by atoms with Crippen molar-refractivity contribution in [3.05, 3.63) is 144 Å². The summed E-state index contributed by atoms with van der Waals surface area (Å²) in [5, 5.41) is 0. The molecule has 1 fully saturated rings. The highest BCUT2D eigenvalue weighted by Gasteiger charge is 2.47. The molecule has 1 heterocycles. The molecule has 4 aromatic carbocycles. The molecule has 0 spiro atoms. The molecule has 4 aromatic rings. The molecule has 196 valence electrons. The molecule has 0 bridgehead atoms. The normalized spacial score (nSPS) is 19.0. The third-order valence-electron chi connectivity index (χ3n) is 7.20. The van der Waals surface area contributed by atoms with Crippen LogP contribution in [0.4, 0.5) is 0 Å². The van der Waals surface area contributed by atoms with Gasteiger partial charge in [0.05, 0.1) is 32.5 Å². The summed E-state index contributed by atoms with van der Waals surface area (Å²) in [6.45, 7) is 5.32. The van der Waals surface area contributed by atoms with Gasteiger partial charge in [-0.1, -0.05) is 121 Å². The molecule has 1 unspecified atom stereocenters. The minimum absolute atomic E-state index is 0.124. The van der Waals surface area contributed by atoms with Crippen molar-refractivity contribution >= 4 is 0 Å². The number of hydrogen-bond acceptors (Lipinski definition) is 4. The second kappa shape index (κ2) is 13.5. The van der Waals surface area contributed by atoms with Gasteiger partial charge in [0.15, 0.2) is 0 Å². The first kappa shape index (κ1) is 26.3. The van der Waals surface area contributed by atoms with Crippen LogP contribution in [0.15, 0.2) is 121 Å². The minimum atomic E-state index is -0.208. The Bertz CT molecular complexity index is 1200. The molecule has 5 atom stereocenters. The van der Waals surface area contributed by atoms with Crippen molar-refractivity contribution in [2.45, 2.75) is 51.0 Å². The van der Waals surface area contributed by atoms with Gasteiger partial charge < -0.3 is 14.2 Å². The van der Waals surface area contributed by atoms with E-state index in [9.17, 15) is 0 Å². The molecule has 0 aromatic heterocycles. The van der Waals surface area contributed by atoms with Gasteiger partial charge in [0.1, 0.15) is 12.2 Å². The molecule has 4 nitrogen and oxygen atoms in total. The van der Waals surface area contributed by atoms with E-state index in [0.717, 1.165) is 23.2 Å². The maximum absolute atomic E-state index is 6.68. The van der Waals surface area contributed by atoms with E-state index >= 15 is 0 Å². The van der Waals surface area contributed by atoms with Gasteiger partial charge in [-0.2, -0.15) is 0 Å². The Morgan fingerprint density at radius 2 is 1.11 bits per heavy atom. The second-order valence-corrected chi connectivity index (χ2v) is 9.95. The predicted molar refractivity (Wildman–Crippen MR) is 151 cm³/mol. The highest BCUT2D eigenvalue weighted by Crippen LogP contribution is 2.36. The molecule has 0 amide bonds. The second-order valence-electron chi connectivity index (χ2n) is 9.95. The summed E-state index contributed by atoms with van der Waals surface area (Å²) in [5.41, 5.74) is 4.78. The van der Waals surface area contributed by atoms with Crippen molar-refractivity contribution in [3.8, 4) is 0 Å². The maximum atomic E-state index is 6.68. The lowest BCUT2D eigenvalue weighted by Crippen LogP contribution is -2.41. The van der Waals surface area contributed by atoms with E-state index in [2.05, 4.69) is 90.7 Å². The molecular formula is C34H37NO3. The van der Waals surface area contributed by atoms with Crippen molar-refractivity contribution in [1.82, 2.24) is 4.90 Å². The van der Waals surface area contributed by atoms with Crippen LogP contribution < -0.4 is 0 Å². The summed E-state index contributed by atoms with van der Waals surface area (Å²) in [5.74, 6) is 0. The molecule has 4 heteroatoms. The van der Waals surface area contributed by atoms with Gasteiger partial charge in [-0.05, 0) is 29.2 Å². The lowest BCUT2D eigenvalue weighted by atomic mass is 10.1. The Morgan fingerprint density at radius 1 is 0.632 bits per heavy atom. The van der Waals surface area contributed by atoms with Crippen molar-refractivity contribution in [2.24, 2.45) is 0 Å². The Kier molecular flexibility index (Phi) is 9.35. The quantitative estimate of drug-likeness (QED) is 0.175. The lowest BCUT2D eigenvalue weighted by Gasteiger charge is -2.29. The smallest absolute Gasteiger partial charge is 0.109 e. The zero-order valence-corrected chi connectivity index (χ0v) is 22.1. The SMILES string of the molecule is C[C@H](c1ccccc1)N1C[C@@H]1[C@H](OCc1ccccc1)[C@H](COCc1ccccc1)OCc1ccccc1. The van der Waals surface area contributed by atoms with Crippen molar-refractivity contribution < 1.29 is 14.2 Å². The minimum Gasteiger partial charge on any atom is -0.374 e. The van der Waals surface area contributed by atoms with Gasteiger partial charge in [-0.15, -0.1) is 0 Å².